The zero-order valence-corrected chi connectivity index (χ0v) is 6.52. The topological polar surface area (TPSA) is 35.2 Å². The summed E-state index contributed by atoms with van der Waals surface area (Å²) in [5.41, 5.74) is 6.00. The zero-order chi connectivity index (χ0) is 8.43. The van der Waals surface area contributed by atoms with Gasteiger partial charge in [0.25, 0.3) is 0 Å². The van der Waals surface area contributed by atoms with Crippen molar-refractivity contribution in [2.45, 2.75) is 6.92 Å². The van der Waals surface area contributed by atoms with Gasteiger partial charge in [0, 0.05) is 0 Å². The highest BCUT2D eigenvalue weighted by Gasteiger charge is 2.06. The molecule has 0 saturated heterocycles. The summed E-state index contributed by atoms with van der Waals surface area (Å²) in [5.74, 6) is -0.0162. The molecule has 1 rings (SSSR count). The van der Waals surface area contributed by atoms with Gasteiger partial charge >= 0.3 is 0 Å². The lowest BCUT2D eigenvalue weighted by molar-refractivity contribution is 0.414. The van der Waals surface area contributed by atoms with Crippen LogP contribution in [0.2, 0.25) is 0 Å². The Morgan fingerprint density at radius 1 is 1.45 bits per heavy atom. The molecule has 0 unspecified atom stereocenters. The first kappa shape index (κ1) is 7.85. The summed E-state index contributed by atoms with van der Waals surface area (Å²) in [6.45, 7) is 1.66. The molecule has 0 bridgehead atoms. The lowest BCUT2D eigenvalue weighted by atomic mass is 10.2. The summed E-state index contributed by atoms with van der Waals surface area (Å²) in [6.07, 6.45) is 0. The highest BCUT2D eigenvalue weighted by molar-refractivity contribution is 5.55. The van der Waals surface area contributed by atoms with Gasteiger partial charge in [-0.05, 0) is 18.6 Å². The molecule has 1 aromatic carbocycles. The summed E-state index contributed by atoms with van der Waals surface area (Å²) in [6, 6.07) is 3.28. The van der Waals surface area contributed by atoms with Gasteiger partial charge in [-0.3, -0.25) is 0 Å². The summed E-state index contributed by atoms with van der Waals surface area (Å²) < 4.78 is 17.8. The third-order valence-electron chi connectivity index (χ3n) is 1.55. The number of benzene rings is 1. The van der Waals surface area contributed by atoms with E-state index in [9.17, 15) is 4.39 Å². The van der Waals surface area contributed by atoms with E-state index in [1.165, 1.54) is 7.11 Å². The minimum absolute atomic E-state index is 0.0764. The van der Waals surface area contributed by atoms with Gasteiger partial charge in [-0.15, -0.1) is 0 Å². The molecule has 0 aliphatic heterocycles. The van der Waals surface area contributed by atoms with Gasteiger partial charge in [0.2, 0.25) is 0 Å². The van der Waals surface area contributed by atoms with Crippen LogP contribution in [0.5, 0.6) is 5.75 Å². The Bertz CT molecular complexity index is 273. The number of anilines is 1. The minimum Gasteiger partial charge on any atom is -0.494 e. The smallest absolute Gasteiger partial charge is 0.152 e. The highest BCUT2D eigenvalue weighted by Crippen LogP contribution is 2.25. The van der Waals surface area contributed by atoms with Crippen molar-refractivity contribution in [3.05, 3.63) is 23.5 Å². The molecule has 0 aliphatic rings. The van der Waals surface area contributed by atoms with Crippen molar-refractivity contribution in [2.24, 2.45) is 0 Å². The predicted octanol–water partition coefficient (Wildman–Crippen LogP) is 1.72. The van der Waals surface area contributed by atoms with E-state index >= 15 is 0 Å². The lowest BCUT2D eigenvalue weighted by Crippen LogP contribution is -1.97. The molecule has 0 atom stereocenters. The van der Waals surface area contributed by atoms with Gasteiger partial charge < -0.3 is 10.5 Å². The average Bonchev–Trinajstić information content (AvgIpc) is 2.01. The number of halogens is 1. The van der Waals surface area contributed by atoms with Crippen molar-refractivity contribution < 1.29 is 9.13 Å². The molecule has 0 aromatic heterocycles. The SMILES string of the molecule is COc1ccc(C)c(F)c1N. The number of aryl methyl sites for hydroxylation is 1. The van der Waals surface area contributed by atoms with Gasteiger partial charge in [0.15, 0.2) is 5.82 Å². The fourth-order valence-electron chi connectivity index (χ4n) is 0.862. The van der Waals surface area contributed by atoms with Gasteiger partial charge in [0.1, 0.15) is 11.4 Å². The first-order valence-corrected chi connectivity index (χ1v) is 3.25. The summed E-state index contributed by atoms with van der Waals surface area (Å²) in [7, 11) is 1.46. The van der Waals surface area contributed by atoms with Crippen molar-refractivity contribution in [2.75, 3.05) is 12.8 Å². The molecule has 0 fully saturated rings. The van der Waals surface area contributed by atoms with E-state index < -0.39 is 5.82 Å². The molecular weight excluding hydrogens is 145 g/mol. The highest BCUT2D eigenvalue weighted by atomic mass is 19.1. The molecule has 1 aromatic rings. The second-order valence-corrected chi connectivity index (χ2v) is 2.31. The fraction of sp³-hybridized carbons (Fsp3) is 0.250. The zero-order valence-electron chi connectivity index (χ0n) is 6.52. The number of nitrogens with two attached hydrogens (primary N) is 1. The number of nitrogen functional groups attached to an aromatic ring is 1. The van der Waals surface area contributed by atoms with Crippen LogP contribution in [0, 0.1) is 12.7 Å². The second kappa shape index (κ2) is 2.78. The molecule has 0 saturated carbocycles. The van der Waals surface area contributed by atoms with Crippen LogP contribution in [0.3, 0.4) is 0 Å². The maximum atomic E-state index is 13.0. The number of hydrogen-bond donors (Lipinski definition) is 1. The van der Waals surface area contributed by atoms with Gasteiger partial charge in [-0.25, -0.2) is 4.39 Å². The van der Waals surface area contributed by atoms with Crippen LogP contribution in [0.15, 0.2) is 12.1 Å². The van der Waals surface area contributed by atoms with Gasteiger partial charge in [-0.2, -0.15) is 0 Å². The van der Waals surface area contributed by atoms with Crippen molar-refractivity contribution >= 4 is 5.69 Å². The van der Waals surface area contributed by atoms with Crippen LogP contribution >= 0.6 is 0 Å². The van der Waals surface area contributed by atoms with E-state index in [0.717, 1.165) is 0 Å². The standard InChI is InChI=1S/C8H10FNO/c1-5-3-4-6(11-2)8(10)7(5)9/h3-4H,10H2,1-2H3. The Hall–Kier alpha value is -1.25. The summed E-state index contributed by atoms with van der Waals surface area (Å²) >= 11 is 0. The van der Waals surface area contributed by atoms with Crippen LogP contribution in [-0.2, 0) is 0 Å². The van der Waals surface area contributed by atoms with Crippen LogP contribution in [-0.4, -0.2) is 7.11 Å². The Balaban J connectivity index is 3.25. The molecule has 0 aliphatic carbocycles. The van der Waals surface area contributed by atoms with E-state index in [-0.39, 0.29) is 5.69 Å². The van der Waals surface area contributed by atoms with Crippen LogP contribution in [0.1, 0.15) is 5.56 Å². The van der Waals surface area contributed by atoms with Crippen molar-refractivity contribution in [3.8, 4) is 5.75 Å². The first-order valence-electron chi connectivity index (χ1n) is 3.25. The van der Waals surface area contributed by atoms with Crippen molar-refractivity contribution in [1.29, 1.82) is 0 Å². The third kappa shape index (κ3) is 1.27. The average molecular weight is 155 g/mol. The Labute approximate surface area is 64.8 Å². The Morgan fingerprint density at radius 2 is 2.09 bits per heavy atom. The lowest BCUT2D eigenvalue weighted by Gasteiger charge is -2.05. The van der Waals surface area contributed by atoms with Gasteiger partial charge in [-0.1, -0.05) is 6.07 Å². The fourth-order valence-corrected chi connectivity index (χ4v) is 0.862. The van der Waals surface area contributed by atoms with Crippen LogP contribution in [0.4, 0.5) is 10.1 Å². The van der Waals surface area contributed by atoms with Crippen LogP contribution in [0.25, 0.3) is 0 Å². The van der Waals surface area contributed by atoms with Crippen molar-refractivity contribution in [3.63, 3.8) is 0 Å². The molecule has 0 spiro atoms. The van der Waals surface area contributed by atoms with Gasteiger partial charge in [0.05, 0.1) is 7.11 Å². The molecule has 0 radical (unpaired) electrons. The molecule has 2 N–H and O–H groups in total. The van der Waals surface area contributed by atoms with E-state index in [4.69, 9.17) is 10.5 Å². The summed E-state index contributed by atoms with van der Waals surface area (Å²) in [4.78, 5) is 0. The molecule has 0 amide bonds. The normalized spacial score (nSPS) is 9.73. The second-order valence-electron chi connectivity index (χ2n) is 2.31. The van der Waals surface area contributed by atoms with E-state index in [1.54, 1.807) is 19.1 Å². The third-order valence-corrected chi connectivity index (χ3v) is 1.55. The minimum atomic E-state index is -0.399. The predicted molar refractivity (Wildman–Crippen MR) is 42.1 cm³/mol. The molecule has 0 heterocycles. The largest absolute Gasteiger partial charge is 0.494 e. The summed E-state index contributed by atoms with van der Waals surface area (Å²) in [5, 5.41) is 0. The maximum absolute atomic E-state index is 13.0. The molecule has 3 heteroatoms. The van der Waals surface area contributed by atoms with E-state index in [2.05, 4.69) is 0 Å². The maximum Gasteiger partial charge on any atom is 0.152 e. The number of methoxy groups -OCH3 is 1. The number of hydrogen-bond acceptors (Lipinski definition) is 2. The van der Waals surface area contributed by atoms with E-state index in [1.807, 2.05) is 0 Å². The molecular formula is C8H10FNO. The Morgan fingerprint density at radius 3 is 2.64 bits per heavy atom. The van der Waals surface area contributed by atoms with Crippen LogP contribution < -0.4 is 10.5 Å². The first-order chi connectivity index (χ1) is 5.16. The van der Waals surface area contributed by atoms with Crippen molar-refractivity contribution in [1.82, 2.24) is 0 Å². The Kier molecular flexibility index (Phi) is 1.98. The monoisotopic (exact) mass is 155 g/mol. The van der Waals surface area contributed by atoms with E-state index in [0.29, 0.717) is 11.3 Å². The number of rotatable bonds is 1. The molecule has 2 nitrogen and oxygen atoms in total. The number of ether oxygens (including phenoxy) is 1. The quantitative estimate of drug-likeness (QED) is 0.627. The molecule has 11 heavy (non-hydrogen) atoms. The molecule has 60 valence electrons.